The predicted octanol–water partition coefficient (Wildman–Crippen LogP) is 4.70. The molecule has 0 saturated heterocycles. The summed E-state index contributed by atoms with van der Waals surface area (Å²) in [6, 6.07) is 26.0. The molecule has 4 aromatic rings. The maximum Gasteiger partial charge on any atom is 0.264 e. The zero-order valence-corrected chi connectivity index (χ0v) is 14.6. The molecule has 0 saturated carbocycles. The number of sulfonamides is 1. The Kier molecular flexibility index (Phi) is 4.14. The first-order chi connectivity index (χ1) is 12.6. The molecule has 1 aromatic heterocycles. The van der Waals surface area contributed by atoms with Crippen LogP contribution in [-0.4, -0.2) is 13.4 Å². The molecule has 0 bridgehead atoms. The highest BCUT2D eigenvalue weighted by Crippen LogP contribution is 2.25. The van der Waals surface area contributed by atoms with Crippen LogP contribution < -0.4 is 4.72 Å². The molecule has 0 aliphatic heterocycles. The van der Waals surface area contributed by atoms with Crippen molar-refractivity contribution in [1.82, 2.24) is 4.98 Å². The largest absolute Gasteiger partial charge is 0.280 e. The van der Waals surface area contributed by atoms with Crippen molar-refractivity contribution in [2.45, 2.75) is 4.90 Å². The van der Waals surface area contributed by atoms with E-state index in [-0.39, 0.29) is 4.90 Å². The maximum atomic E-state index is 12.8. The average Bonchev–Trinajstić information content (AvgIpc) is 2.68. The van der Waals surface area contributed by atoms with Crippen LogP contribution in [0.15, 0.2) is 96.0 Å². The average molecular weight is 360 g/mol. The Morgan fingerprint density at radius 2 is 1.38 bits per heavy atom. The number of aromatic nitrogens is 1. The normalized spacial score (nSPS) is 11.4. The molecular weight excluding hydrogens is 344 g/mol. The second kappa shape index (κ2) is 6.61. The van der Waals surface area contributed by atoms with Crippen LogP contribution in [0.4, 0.5) is 5.69 Å². The van der Waals surface area contributed by atoms with Crippen LogP contribution in [-0.2, 0) is 10.0 Å². The Hall–Kier alpha value is -3.18. The minimum Gasteiger partial charge on any atom is -0.280 e. The zero-order chi connectivity index (χ0) is 18.0. The zero-order valence-electron chi connectivity index (χ0n) is 13.8. The third kappa shape index (κ3) is 3.17. The lowest BCUT2D eigenvalue weighted by Crippen LogP contribution is -2.13. The van der Waals surface area contributed by atoms with E-state index in [9.17, 15) is 8.42 Å². The summed E-state index contributed by atoms with van der Waals surface area (Å²) in [7, 11) is -3.73. The van der Waals surface area contributed by atoms with E-state index >= 15 is 0 Å². The van der Waals surface area contributed by atoms with Crippen molar-refractivity contribution >= 4 is 26.6 Å². The number of para-hydroxylation sites is 1. The van der Waals surface area contributed by atoms with Crippen molar-refractivity contribution in [3.8, 4) is 11.1 Å². The first kappa shape index (κ1) is 16.3. The van der Waals surface area contributed by atoms with E-state index in [1.165, 1.54) is 0 Å². The van der Waals surface area contributed by atoms with E-state index in [1.54, 1.807) is 36.5 Å². The van der Waals surface area contributed by atoms with E-state index in [2.05, 4.69) is 9.71 Å². The molecule has 1 N–H and O–H groups in total. The summed E-state index contributed by atoms with van der Waals surface area (Å²) >= 11 is 0. The first-order valence-corrected chi connectivity index (χ1v) is 9.64. The summed E-state index contributed by atoms with van der Waals surface area (Å²) in [4.78, 5) is 4.39. The van der Waals surface area contributed by atoms with Gasteiger partial charge < -0.3 is 0 Å². The Balaban J connectivity index is 1.66. The van der Waals surface area contributed by atoms with Gasteiger partial charge in [-0.25, -0.2) is 8.42 Å². The van der Waals surface area contributed by atoms with Crippen molar-refractivity contribution in [2.75, 3.05) is 4.72 Å². The smallest absolute Gasteiger partial charge is 0.264 e. The third-order valence-corrected chi connectivity index (χ3v) is 5.54. The highest BCUT2D eigenvalue weighted by atomic mass is 32.2. The van der Waals surface area contributed by atoms with Crippen LogP contribution in [0.2, 0.25) is 0 Å². The lowest BCUT2D eigenvalue weighted by molar-refractivity contribution is 0.602. The highest BCUT2D eigenvalue weighted by molar-refractivity contribution is 7.93. The Morgan fingerprint density at radius 3 is 2.15 bits per heavy atom. The standard InChI is InChI=1S/C21H16N2O2S/c24-26(25,20-10-4-8-18-9-5-15-22-21(18)20)23-19-13-11-17(12-14-19)16-6-2-1-3-7-16/h1-15,23H. The molecule has 0 fully saturated rings. The minimum atomic E-state index is -3.73. The molecule has 5 heteroatoms. The number of nitrogens with zero attached hydrogens (tertiary/aromatic N) is 1. The number of pyridine rings is 1. The fraction of sp³-hybridized carbons (Fsp3) is 0. The molecule has 0 spiro atoms. The second-order valence-corrected chi connectivity index (χ2v) is 7.53. The van der Waals surface area contributed by atoms with E-state index in [1.807, 2.05) is 54.6 Å². The van der Waals surface area contributed by atoms with Gasteiger partial charge in [0.05, 0.1) is 5.52 Å². The number of nitrogens with one attached hydrogen (secondary N) is 1. The summed E-state index contributed by atoms with van der Waals surface area (Å²) < 4.78 is 28.3. The molecule has 0 unspecified atom stereocenters. The van der Waals surface area contributed by atoms with Crippen LogP contribution in [0.1, 0.15) is 0 Å². The van der Waals surface area contributed by atoms with Crippen LogP contribution >= 0.6 is 0 Å². The Morgan fingerprint density at radius 1 is 0.692 bits per heavy atom. The molecular formula is C21H16N2O2S. The van der Waals surface area contributed by atoms with Gasteiger partial charge in [-0.05, 0) is 35.4 Å². The van der Waals surface area contributed by atoms with Crippen LogP contribution in [0, 0.1) is 0 Å². The summed E-state index contributed by atoms with van der Waals surface area (Å²) in [5, 5.41) is 0.787. The van der Waals surface area contributed by atoms with Gasteiger partial charge in [0.1, 0.15) is 4.90 Å². The van der Waals surface area contributed by atoms with Gasteiger partial charge in [-0.15, -0.1) is 0 Å². The summed E-state index contributed by atoms with van der Waals surface area (Å²) in [5.74, 6) is 0. The molecule has 0 amide bonds. The van der Waals surface area contributed by atoms with Gasteiger partial charge in [0.15, 0.2) is 0 Å². The summed E-state index contributed by atoms with van der Waals surface area (Å²) in [6.45, 7) is 0. The fourth-order valence-electron chi connectivity index (χ4n) is 2.86. The van der Waals surface area contributed by atoms with Gasteiger partial charge in [-0.1, -0.05) is 60.7 Å². The fourth-order valence-corrected chi connectivity index (χ4v) is 4.10. The van der Waals surface area contributed by atoms with Crippen molar-refractivity contribution < 1.29 is 8.42 Å². The third-order valence-electron chi connectivity index (χ3n) is 4.13. The Labute approximate surface area is 152 Å². The number of anilines is 1. The monoisotopic (exact) mass is 360 g/mol. The molecule has 0 atom stereocenters. The number of rotatable bonds is 4. The molecule has 4 rings (SSSR count). The van der Waals surface area contributed by atoms with Crippen molar-refractivity contribution in [1.29, 1.82) is 0 Å². The number of fused-ring (bicyclic) bond motifs is 1. The van der Waals surface area contributed by atoms with Crippen LogP contribution in [0.3, 0.4) is 0 Å². The van der Waals surface area contributed by atoms with E-state index < -0.39 is 10.0 Å². The summed E-state index contributed by atoms with van der Waals surface area (Å²) in [5.41, 5.74) is 3.08. The molecule has 0 aliphatic rings. The number of hydrogen-bond acceptors (Lipinski definition) is 3. The molecule has 1 heterocycles. The lowest BCUT2D eigenvalue weighted by atomic mass is 10.1. The van der Waals surface area contributed by atoms with Crippen molar-refractivity contribution in [2.24, 2.45) is 0 Å². The second-order valence-electron chi connectivity index (χ2n) is 5.88. The molecule has 128 valence electrons. The van der Waals surface area contributed by atoms with Gasteiger partial charge in [0, 0.05) is 17.3 Å². The van der Waals surface area contributed by atoms with E-state index in [4.69, 9.17) is 0 Å². The number of hydrogen-bond donors (Lipinski definition) is 1. The molecule has 3 aromatic carbocycles. The molecule has 0 radical (unpaired) electrons. The Bertz CT molecular complexity index is 1150. The van der Waals surface area contributed by atoms with E-state index in [0.29, 0.717) is 11.2 Å². The summed E-state index contributed by atoms with van der Waals surface area (Å²) in [6.07, 6.45) is 1.59. The van der Waals surface area contributed by atoms with Gasteiger partial charge in [-0.2, -0.15) is 0 Å². The van der Waals surface area contributed by atoms with Gasteiger partial charge in [0.25, 0.3) is 10.0 Å². The van der Waals surface area contributed by atoms with Crippen molar-refractivity contribution in [3.63, 3.8) is 0 Å². The molecule has 0 aliphatic carbocycles. The lowest BCUT2D eigenvalue weighted by Gasteiger charge is -2.10. The molecule has 4 nitrogen and oxygen atoms in total. The van der Waals surface area contributed by atoms with Crippen molar-refractivity contribution in [3.05, 3.63) is 91.1 Å². The number of benzene rings is 3. The van der Waals surface area contributed by atoms with Gasteiger partial charge >= 0.3 is 0 Å². The topological polar surface area (TPSA) is 59.1 Å². The van der Waals surface area contributed by atoms with E-state index in [0.717, 1.165) is 16.5 Å². The highest BCUT2D eigenvalue weighted by Gasteiger charge is 2.18. The quantitative estimate of drug-likeness (QED) is 0.574. The maximum absolute atomic E-state index is 12.8. The molecule has 26 heavy (non-hydrogen) atoms. The van der Waals surface area contributed by atoms with Gasteiger partial charge in [-0.3, -0.25) is 9.71 Å². The minimum absolute atomic E-state index is 0.169. The van der Waals surface area contributed by atoms with Crippen LogP contribution in [0.25, 0.3) is 22.0 Å². The SMILES string of the molecule is O=S(=O)(Nc1ccc(-c2ccccc2)cc1)c1cccc2cccnc12. The first-order valence-electron chi connectivity index (χ1n) is 8.15. The van der Waals surface area contributed by atoms with Crippen LogP contribution in [0.5, 0.6) is 0 Å². The predicted molar refractivity (Wildman–Crippen MR) is 104 cm³/mol. The van der Waals surface area contributed by atoms with Gasteiger partial charge in [0.2, 0.25) is 0 Å².